The van der Waals surface area contributed by atoms with Crippen LogP contribution in [-0.2, 0) is 4.79 Å². The summed E-state index contributed by atoms with van der Waals surface area (Å²) in [6.07, 6.45) is 0.0139. The van der Waals surface area contributed by atoms with Gasteiger partial charge in [0.25, 0.3) is 0 Å². The lowest BCUT2D eigenvalue weighted by molar-refractivity contribution is -0.162. The van der Waals surface area contributed by atoms with Crippen molar-refractivity contribution >= 4 is 5.91 Å². The number of hydrogen-bond donors (Lipinski definition) is 1. The van der Waals surface area contributed by atoms with E-state index in [1.807, 2.05) is 5.32 Å². The third-order valence-electron chi connectivity index (χ3n) is 2.37. The molecule has 0 saturated carbocycles. The molecule has 1 N–H and O–H groups in total. The Morgan fingerprint density at radius 2 is 1.75 bits per heavy atom. The highest BCUT2D eigenvalue weighted by atomic mass is 19.4. The predicted molar refractivity (Wildman–Crippen MR) is 57.0 cm³/mol. The molecule has 0 radical (unpaired) electrons. The number of halogens is 3. The Kier molecular flexibility index (Phi) is 7.17. The quantitative estimate of drug-likeness (QED) is 0.678. The zero-order valence-corrected chi connectivity index (χ0v) is 9.86. The van der Waals surface area contributed by atoms with Gasteiger partial charge in [-0.25, -0.2) is 0 Å². The molecule has 16 heavy (non-hydrogen) atoms. The second-order valence-corrected chi connectivity index (χ2v) is 4.00. The van der Waals surface area contributed by atoms with Gasteiger partial charge in [-0.15, -0.1) is 0 Å². The molecule has 0 aliphatic heterocycles. The summed E-state index contributed by atoms with van der Waals surface area (Å²) in [6.45, 7) is 3.16. The number of hydrogen-bond acceptors (Lipinski definition) is 1. The third kappa shape index (κ3) is 7.54. The van der Waals surface area contributed by atoms with Crippen molar-refractivity contribution in [3.63, 3.8) is 0 Å². The Bertz CT molecular complexity index is 204. The minimum Gasteiger partial charge on any atom is -0.345 e. The molecule has 0 aliphatic carbocycles. The molecular weight excluding hydrogens is 219 g/mol. The highest BCUT2D eigenvalue weighted by Gasteiger charge is 2.39. The second kappa shape index (κ2) is 7.52. The zero-order valence-electron chi connectivity index (χ0n) is 9.86. The standard InChI is InChI=1S/C11H20F3NO/c1-3-4-5-6-7-8-10(11(12,13)14)15-9(2)16/h10H,3-8H2,1-2H3,(H,15,16). The topological polar surface area (TPSA) is 29.1 Å². The summed E-state index contributed by atoms with van der Waals surface area (Å²) in [4.78, 5) is 10.6. The average Bonchev–Trinajstić information content (AvgIpc) is 2.13. The molecule has 5 heteroatoms. The van der Waals surface area contributed by atoms with Crippen LogP contribution < -0.4 is 5.32 Å². The lowest BCUT2D eigenvalue weighted by atomic mass is 10.1. The highest BCUT2D eigenvalue weighted by Crippen LogP contribution is 2.24. The van der Waals surface area contributed by atoms with Crippen LogP contribution in [0.4, 0.5) is 13.2 Å². The van der Waals surface area contributed by atoms with E-state index in [0.717, 1.165) is 32.6 Å². The monoisotopic (exact) mass is 239 g/mol. The van der Waals surface area contributed by atoms with Gasteiger partial charge in [-0.2, -0.15) is 13.2 Å². The number of alkyl halides is 3. The fourth-order valence-corrected chi connectivity index (χ4v) is 1.52. The summed E-state index contributed by atoms with van der Waals surface area (Å²) in [5, 5.41) is 1.95. The molecule has 0 saturated heterocycles. The highest BCUT2D eigenvalue weighted by molar-refractivity contribution is 5.73. The SMILES string of the molecule is CCCCCCCC(NC(C)=O)C(F)(F)F. The van der Waals surface area contributed by atoms with Gasteiger partial charge in [0, 0.05) is 6.92 Å². The number of rotatable bonds is 7. The Morgan fingerprint density at radius 3 is 2.19 bits per heavy atom. The molecule has 1 atom stereocenters. The Hall–Kier alpha value is -0.740. The molecular formula is C11H20F3NO. The van der Waals surface area contributed by atoms with E-state index in [2.05, 4.69) is 6.92 Å². The van der Waals surface area contributed by atoms with Gasteiger partial charge in [-0.1, -0.05) is 39.0 Å². The van der Waals surface area contributed by atoms with Crippen LogP contribution in [0.5, 0.6) is 0 Å². The average molecular weight is 239 g/mol. The van der Waals surface area contributed by atoms with Crippen molar-refractivity contribution in [1.82, 2.24) is 5.32 Å². The van der Waals surface area contributed by atoms with E-state index in [-0.39, 0.29) is 6.42 Å². The second-order valence-electron chi connectivity index (χ2n) is 4.00. The molecule has 1 amide bonds. The van der Waals surface area contributed by atoms with Gasteiger partial charge in [-0.05, 0) is 6.42 Å². The number of unbranched alkanes of at least 4 members (excludes halogenated alkanes) is 4. The van der Waals surface area contributed by atoms with Crippen LogP contribution in [0.15, 0.2) is 0 Å². The van der Waals surface area contributed by atoms with Gasteiger partial charge >= 0.3 is 6.18 Å². The van der Waals surface area contributed by atoms with Crippen molar-refractivity contribution in [2.24, 2.45) is 0 Å². The van der Waals surface area contributed by atoms with Gasteiger partial charge < -0.3 is 5.32 Å². The molecule has 0 aromatic carbocycles. The van der Waals surface area contributed by atoms with Crippen LogP contribution >= 0.6 is 0 Å². The van der Waals surface area contributed by atoms with Crippen molar-refractivity contribution < 1.29 is 18.0 Å². The molecule has 96 valence electrons. The molecule has 0 aromatic rings. The lowest BCUT2D eigenvalue weighted by Gasteiger charge is -2.20. The minimum absolute atomic E-state index is 0.0210. The molecule has 0 rings (SSSR count). The van der Waals surface area contributed by atoms with Crippen molar-refractivity contribution in [3.05, 3.63) is 0 Å². The van der Waals surface area contributed by atoms with Crippen LogP contribution in [0, 0.1) is 0 Å². The van der Waals surface area contributed by atoms with E-state index >= 15 is 0 Å². The van der Waals surface area contributed by atoms with Crippen LogP contribution in [-0.4, -0.2) is 18.1 Å². The van der Waals surface area contributed by atoms with Gasteiger partial charge in [-0.3, -0.25) is 4.79 Å². The molecule has 1 unspecified atom stereocenters. The van der Waals surface area contributed by atoms with Crippen molar-refractivity contribution in [2.75, 3.05) is 0 Å². The molecule has 0 aliphatic rings. The van der Waals surface area contributed by atoms with E-state index < -0.39 is 18.1 Å². The minimum atomic E-state index is -4.34. The van der Waals surface area contributed by atoms with Crippen LogP contribution in [0.25, 0.3) is 0 Å². The first-order chi connectivity index (χ1) is 7.38. The summed E-state index contributed by atoms with van der Waals surface area (Å²) >= 11 is 0. The largest absolute Gasteiger partial charge is 0.408 e. The molecule has 2 nitrogen and oxygen atoms in total. The first-order valence-electron chi connectivity index (χ1n) is 5.71. The Balaban J connectivity index is 3.89. The summed E-state index contributed by atoms with van der Waals surface area (Å²) in [5.41, 5.74) is 0. The summed E-state index contributed by atoms with van der Waals surface area (Å²) in [5.74, 6) is -0.629. The zero-order chi connectivity index (χ0) is 12.6. The maximum atomic E-state index is 12.4. The van der Waals surface area contributed by atoms with Crippen molar-refractivity contribution in [2.45, 2.75) is 64.6 Å². The summed E-state index contributed by atoms with van der Waals surface area (Å²) in [7, 11) is 0. The molecule has 0 fully saturated rings. The Labute approximate surface area is 94.6 Å². The smallest absolute Gasteiger partial charge is 0.345 e. The number of nitrogens with one attached hydrogen (secondary N) is 1. The van der Waals surface area contributed by atoms with E-state index in [1.165, 1.54) is 0 Å². The lowest BCUT2D eigenvalue weighted by Crippen LogP contribution is -2.44. The maximum Gasteiger partial charge on any atom is 0.408 e. The number of amides is 1. The number of carbonyl (C=O) groups is 1. The first kappa shape index (κ1) is 15.3. The summed E-state index contributed by atoms with van der Waals surface area (Å²) in [6, 6.07) is -1.69. The van der Waals surface area contributed by atoms with Gasteiger partial charge in [0.1, 0.15) is 6.04 Å². The molecule has 0 aromatic heterocycles. The maximum absolute atomic E-state index is 12.4. The van der Waals surface area contributed by atoms with E-state index in [9.17, 15) is 18.0 Å². The van der Waals surface area contributed by atoms with Crippen LogP contribution in [0.2, 0.25) is 0 Å². The third-order valence-corrected chi connectivity index (χ3v) is 2.37. The fraction of sp³-hybridized carbons (Fsp3) is 0.909. The van der Waals surface area contributed by atoms with E-state index in [1.54, 1.807) is 0 Å². The van der Waals surface area contributed by atoms with E-state index in [0.29, 0.717) is 6.42 Å². The molecule has 0 spiro atoms. The fourth-order valence-electron chi connectivity index (χ4n) is 1.52. The van der Waals surface area contributed by atoms with Gasteiger partial charge in [0.2, 0.25) is 5.91 Å². The van der Waals surface area contributed by atoms with E-state index in [4.69, 9.17) is 0 Å². The normalized spacial score (nSPS) is 13.6. The summed E-state index contributed by atoms with van der Waals surface area (Å²) < 4.78 is 37.3. The van der Waals surface area contributed by atoms with Gasteiger partial charge in [0.15, 0.2) is 0 Å². The number of carbonyl (C=O) groups excluding carboxylic acids is 1. The first-order valence-corrected chi connectivity index (χ1v) is 5.71. The molecule has 0 heterocycles. The van der Waals surface area contributed by atoms with Crippen molar-refractivity contribution in [1.29, 1.82) is 0 Å². The van der Waals surface area contributed by atoms with Crippen LogP contribution in [0.1, 0.15) is 52.4 Å². The Morgan fingerprint density at radius 1 is 1.19 bits per heavy atom. The van der Waals surface area contributed by atoms with Crippen LogP contribution in [0.3, 0.4) is 0 Å². The molecule has 0 bridgehead atoms. The van der Waals surface area contributed by atoms with Crippen molar-refractivity contribution in [3.8, 4) is 0 Å². The predicted octanol–water partition coefficient (Wildman–Crippen LogP) is 3.41. The van der Waals surface area contributed by atoms with Gasteiger partial charge in [0.05, 0.1) is 0 Å².